The summed E-state index contributed by atoms with van der Waals surface area (Å²) in [5, 5.41) is 9.22. The van der Waals surface area contributed by atoms with Crippen molar-refractivity contribution >= 4 is 33.5 Å². The minimum Gasteiger partial charge on any atom is -0.361 e. The minimum atomic E-state index is -0.672. The summed E-state index contributed by atoms with van der Waals surface area (Å²) in [6.07, 6.45) is 3.20. The van der Waals surface area contributed by atoms with Gasteiger partial charge in [0.1, 0.15) is 6.04 Å². The van der Waals surface area contributed by atoms with Crippen LogP contribution in [-0.4, -0.2) is 29.4 Å². The molecule has 1 heterocycles. The first-order valence-corrected chi connectivity index (χ1v) is 10.9. The normalized spacial score (nSPS) is 12.0. The van der Waals surface area contributed by atoms with E-state index in [4.69, 9.17) is 5.73 Å². The second kappa shape index (κ2) is 10.1. The van der Waals surface area contributed by atoms with Crippen LogP contribution in [0.1, 0.15) is 24.0 Å². The summed E-state index contributed by atoms with van der Waals surface area (Å²) < 4.78 is 0. The third kappa shape index (κ3) is 4.98. The third-order valence-electron chi connectivity index (χ3n) is 5.69. The summed E-state index contributed by atoms with van der Waals surface area (Å²) >= 11 is 0. The molecule has 5 N–H and O–H groups in total. The average Bonchev–Trinajstić information content (AvgIpc) is 3.23. The molecule has 4 aromatic rings. The lowest BCUT2D eigenvalue weighted by Crippen LogP contribution is -2.47. The molecule has 2 amide bonds. The molecule has 0 bridgehead atoms. The van der Waals surface area contributed by atoms with Crippen LogP contribution in [0.5, 0.6) is 0 Å². The van der Waals surface area contributed by atoms with Crippen LogP contribution in [0.2, 0.25) is 0 Å². The average molecular weight is 429 g/mol. The van der Waals surface area contributed by atoms with Crippen molar-refractivity contribution in [1.29, 1.82) is 0 Å². The van der Waals surface area contributed by atoms with Crippen molar-refractivity contribution in [3.63, 3.8) is 0 Å². The highest BCUT2D eigenvalue weighted by Crippen LogP contribution is 2.20. The van der Waals surface area contributed by atoms with Crippen molar-refractivity contribution < 1.29 is 9.59 Å². The van der Waals surface area contributed by atoms with Crippen molar-refractivity contribution in [2.24, 2.45) is 5.73 Å². The van der Waals surface area contributed by atoms with E-state index in [2.05, 4.69) is 33.8 Å². The molecule has 3 aromatic carbocycles. The quantitative estimate of drug-likeness (QED) is 0.329. The Hall–Kier alpha value is -3.64. The summed E-state index contributed by atoms with van der Waals surface area (Å²) in [7, 11) is 0. The van der Waals surface area contributed by atoms with Gasteiger partial charge in [0.05, 0.1) is 0 Å². The number of amides is 2. The SMILES string of the molecule is NCCCC(=O)NC(Cc1c[nH]c2ccccc12)C(=O)NCc1cccc2ccccc12. The lowest BCUT2D eigenvalue weighted by Gasteiger charge is -2.19. The topological polar surface area (TPSA) is 100 Å². The van der Waals surface area contributed by atoms with Crippen molar-refractivity contribution in [1.82, 2.24) is 15.6 Å². The summed E-state index contributed by atoms with van der Waals surface area (Å²) in [5.74, 6) is -0.370. The van der Waals surface area contributed by atoms with Gasteiger partial charge in [-0.05, 0) is 40.9 Å². The lowest BCUT2D eigenvalue weighted by molar-refractivity contribution is -0.129. The molecule has 0 saturated carbocycles. The summed E-state index contributed by atoms with van der Waals surface area (Å²) in [4.78, 5) is 28.8. The van der Waals surface area contributed by atoms with Crippen LogP contribution in [-0.2, 0) is 22.6 Å². The summed E-state index contributed by atoms with van der Waals surface area (Å²) in [5.41, 5.74) is 8.57. The van der Waals surface area contributed by atoms with E-state index < -0.39 is 6.04 Å². The standard InChI is InChI=1S/C26H28N4O2/c27-14-6-13-25(31)30-24(15-20-17-28-23-12-4-3-11-22(20)23)26(32)29-16-19-9-5-8-18-7-1-2-10-21(18)19/h1-5,7-12,17,24,28H,6,13-16,27H2,(H,29,32)(H,30,31). The molecule has 32 heavy (non-hydrogen) atoms. The third-order valence-corrected chi connectivity index (χ3v) is 5.69. The summed E-state index contributed by atoms with van der Waals surface area (Å²) in [6, 6.07) is 21.4. The summed E-state index contributed by atoms with van der Waals surface area (Å²) in [6.45, 7) is 0.830. The van der Waals surface area contributed by atoms with Gasteiger partial charge in [-0.1, -0.05) is 60.7 Å². The second-order valence-corrected chi connectivity index (χ2v) is 7.93. The smallest absolute Gasteiger partial charge is 0.243 e. The Morgan fingerprint density at radius 3 is 2.50 bits per heavy atom. The van der Waals surface area contributed by atoms with Crippen LogP contribution in [0.15, 0.2) is 72.9 Å². The fraction of sp³-hybridized carbons (Fsp3) is 0.231. The van der Waals surface area contributed by atoms with Crippen LogP contribution in [0, 0.1) is 0 Å². The van der Waals surface area contributed by atoms with E-state index in [1.807, 2.05) is 54.7 Å². The number of aromatic nitrogens is 1. The molecule has 0 spiro atoms. The molecule has 0 radical (unpaired) electrons. The van der Waals surface area contributed by atoms with Gasteiger partial charge in [-0.2, -0.15) is 0 Å². The Kier molecular flexibility index (Phi) is 6.82. The fourth-order valence-corrected chi connectivity index (χ4v) is 4.01. The zero-order valence-corrected chi connectivity index (χ0v) is 17.9. The number of para-hydroxylation sites is 1. The van der Waals surface area contributed by atoms with Crippen LogP contribution in [0.3, 0.4) is 0 Å². The zero-order chi connectivity index (χ0) is 22.3. The maximum Gasteiger partial charge on any atom is 0.243 e. The van der Waals surface area contributed by atoms with Crippen molar-refractivity contribution in [2.75, 3.05) is 6.54 Å². The predicted molar refractivity (Wildman–Crippen MR) is 128 cm³/mol. The molecule has 1 unspecified atom stereocenters. The van der Waals surface area contributed by atoms with Gasteiger partial charge in [0.15, 0.2) is 0 Å². The number of H-pyrrole nitrogens is 1. The van der Waals surface area contributed by atoms with E-state index >= 15 is 0 Å². The first-order chi connectivity index (χ1) is 15.7. The molecule has 0 aliphatic rings. The molecule has 6 heteroatoms. The van der Waals surface area contributed by atoms with Gasteiger partial charge < -0.3 is 21.4 Å². The lowest BCUT2D eigenvalue weighted by atomic mass is 10.0. The Morgan fingerprint density at radius 1 is 0.906 bits per heavy atom. The zero-order valence-electron chi connectivity index (χ0n) is 17.9. The molecule has 1 atom stereocenters. The maximum absolute atomic E-state index is 13.2. The van der Waals surface area contributed by atoms with E-state index in [0.29, 0.717) is 32.4 Å². The number of aromatic amines is 1. The predicted octanol–water partition coefficient (Wildman–Crippen LogP) is 3.40. The molecule has 4 rings (SSSR count). The Morgan fingerprint density at radius 2 is 1.66 bits per heavy atom. The number of fused-ring (bicyclic) bond motifs is 2. The highest BCUT2D eigenvalue weighted by atomic mass is 16.2. The highest BCUT2D eigenvalue weighted by molar-refractivity contribution is 5.90. The highest BCUT2D eigenvalue weighted by Gasteiger charge is 2.22. The first kappa shape index (κ1) is 21.6. The van der Waals surface area contributed by atoms with E-state index in [1.54, 1.807) is 0 Å². The Labute approximate surface area is 187 Å². The van der Waals surface area contributed by atoms with E-state index in [0.717, 1.165) is 32.8 Å². The van der Waals surface area contributed by atoms with Gasteiger partial charge in [-0.25, -0.2) is 0 Å². The number of hydrogen-bond donors (Lipinski definition) is 4. The van der Waals surface area contributed by atoms with Crippen molar-refractivity contribution in [3.8, 4) is 0 Å². The van der Waals surface area contributed by atoms with Crippen LogP contribution in [0.4, 0.5) is 0 Å². The number of carbonyl (C=O) groups excluding carboxylic acids is 2. The Bertz CT molecular complexity index is 1230. The number of carbonyl (C=O) groups is 2. The maximum atomic E-state index is 13.2. The van der Waals surface area contributed by atoms with E-state index in [1.165, 1.54) is 0 Å². The number of rotatable bonds is 9. The van der Waals surface area contributed by atoms with E-state index in [-0.39, 0.29) is 11.8 Å². The second-order valence-electron chi connectivity index (χ2n) is 7.93. The van der Waals surface area contributed by atoms with Crippen LogP contribution >= 0.6 is 0 Å². The van der Waals surface area contributed by atoms with E-state index in [9.17, 15) is 9.59 Å². The van der Waals surface area contributed by atoms with Gasteiger partial charge in [0.2, 0.25) is 11.8 Å². The molecule has 6 nitrogen and oxygen atoms in total. The Balaban J connectivity index is 1.51. The minimum absolute atomic E-state index is 0.166. The molecule has 1 aromatic heterocycles. The number of nitrogens with two attached hydrogens (primary N) is 1. The largest absolute Gasteiger partial charge is 0.361 e. The van der Waals surface area contributed by atoms with Crippen molar-refractivity contribution in [2.45, 2.75) is 31.8 Å². The molecule has 0 saturated heterocycles. The number of hydrogen-bond acceptors (Lipinski definition) is 3. The number of nitrogens with one attached hydrogen (secondary N) is 3. The van der Waals surface area contributed by atoms with Gasteiger partial charge in [-0.3, -0.25) is 9.59 Å². The van der Waals surface area contributed by atoms with Gasteiger partial charge in [0.25, 0.3) is 0 Å². The molecule has 0 fully saturated rings. The molecule has 0 aliphatic heterocycles. The number of benzene rings is 3. The molecular weight excluding hydrogens is 400 g/mol. The monoisotopic (exact) mass is 428 g/mol. The fourth-order valence-electron chi connectivity index (χ4n) is 4.01. The molecular formula is C26H28N4O2. The molecule has 164 valence electrons. The van der Waals surface area contributed by atoms with Gasteiger partial charge in [-0.15, -0.1) is 0 Å². The van der Waals surface area contributed by atoms with Crippen LogP contribution in [0.25, 0.3) is 21.7 Å². The van der Waals surface area contributed by atoms with Crippen molar-refractivity contribution in [3.05, 3.63) is 84.1 Å². The van der Waals surface area contributed by atoms with Crippen LogP contribution < -0.4 is 16.4 Å². The molecule has 0 aliphatic carbocycles. The first-order valence-electron chi connectivity index (χ1n) is 10.9. The van der Waals surface area contributed by atoms with Gasteiger partial charge >= 0.3 is 0 Å². The van der Waals surface area contributed by atoms with Gasteiger partial charge in [0, 0.05) is 36.5 Å².